The first kappa shape index (κ1) is 17.5. The van der Waals surface area contributed by atoms with Crippen molar-refractivity contribution in [1.82, 2.24) is 0 Å². The molecule has 0 aliphatic carbocycles. The van der Waals surface area contributed by atoms with Gasteiger partial charge in [-0.25, -0.2) is 0 Å². The van der Waals surface area contributed by atoms with Gasteiger partial charge in [0, 0.05) is 0 Å². The molecule has 0 saturated heterocycles. The van der Waals surface area contributed by atoms with Gasteiger partial charge in [-0.1, -0.05) is 32.4 Å². The highest BCUT2D eigenvalue weighted by atomic mass is 16.5. The highest BCUT2D eigenvalue weighted by molar-refractivity contribution is 5.73. The van der Waals surface area contributed by atoms with Crippen molar-refractivity contribution in [2.45, 2.75) is 46.1 Å². The second kappa shape index (κ2) is 9.40. The number of benzene rings is 1. The summed E-state index contributed by atoms with van der Waals surface area (Å²) in [4.78, 5) is 12.0. The predicted octanol–water partition coefficient (Wildman–Crippen LogP) is 3.49. The van der Waals surface area contributed by atoms with Crippen LogP contribution in [0, 0.1) is 5.92 Å². The van der Waals surface area contributed by atoms with E-state index in [0.717, 1.165) is 12.8 Å². The van der Waals surface area contributed by atoms with Gasteiger partial charge >= 0.3 is 5.97 Å². The molecule has 4 heteroatoms. The molecule has 0 spiro atoms. The molecule has 1 aromatic carbocycles. The van der Waals surface area contributed by atoms with Crippen molar-refractivity contribution in [3.8, 4) is 5.75 Å². The zero-order chi connectivity index (χ0) is 15.7. The lowest BCUT2D eigenvalue weighted by Gasteiger charge is -2.21. The maximum absolute atomic E-state index is 12.0. The lowest BCUT2D eigenvalue weighted by Crippen LogP contribution is -2.24. The van der Waals surface area contributed by atoms with E-state index < -0.39 is 12.0 Å². The molecule has 118 valence electrons. The lowest BCUT2D eigenvalue weighted by atomic mass is 9.92. The van der Waals surface area contributed by atoms with Crippen LogP contribution in [-0.2, 0) is 9.53 Å². The summed E-state index contributed by atoms with van der Waals surface area (Å²) in [6.45, 7) is 6.75. The summed E-state index contributed by atoms with van der Waals surface area (Å²) in [6.07, 6.45) is 1.47. The molecule has 0 amide bonds. The van der Waals surface area contributed by atoms with E-state index in [2.05, 4.69) is 0 Å². The van der Waals surface area contributed by atoms with E-state index in [0.29, 0.717) is 30.9 Å². The summed E-state index contributed by atoms with van der Waals surface area (Å²) >= 11 is 0. The molecule has 0 saturated carbocycles. The standard InChI is InChI=1S/C17H26O4/c1-4-8-15(17(19)20-6-3)16(18)13-9-7-10-14(12-13)21-11-5-2/h7,9-10,12,15-16,18H,4-6,8,11H2,1-3H3. The zero-order valence-electron chi connectivity index (χ0n) is 13.2. The van der Waals surface area contributed by atoms with Crippen molar-refractivity contribution in [3.05, 3.63) is 29.8 Å². The van der Waals surface area contributed by atoms with Gasteiger partial charge in [0.15, 0.2) is 0 Å². The molecule has 0 aromatic heterocycles. The van der Waals surface area contributed by atoms with Crippen LogP contribution in [0.2, 0.25) is 0 Å². The molecule has 1 N–H and O–H groups in total. The summed E-state index contributed by atoms with van der Waals surface area (Å²) < 4.78 is 10.6. The van der Waals surface area contributed by atoms with Crippen molar-refractivity contribution in [2.75, 3.05) is 13.2 Å². The average Bonchev–Trinajstić information content (AvgIpc) is 2.50. The number of esters is 1. The highest BCUT2D eigenvalue weighted by Crippen LogP contribution is 2.29. The van der Waals surface area contributed by atoms with Crippen LogP contribution in [0.5, 0.6) is 5.75 Å². The summed E-state index contributed by atoms with van der Waals surface area (Å²) in [7, 11) is 0. The number of aliphatic hydroxyl groups is 1. The van der Waals surface area contributed by atoms with Crippen LogP contribution >= 0.6 is 0 Å². The summed E-state index contributed by atoms with van der Waals surface area (Å²) in [5, 5.41) is 10.5. The van der Waals surface area contributed by atoms with E-state index in [1.54, 1.807) is 13.0 Å². The van der Waals surface area contributed by atoms with Crippen LogP contribution < -0.4 is 4.74 Å². The van der Waals surface area contributed by atoms with Crippen LogP contribution in [0.3, 0.4) is 0 Å². The normalized spacial score (nSPS) is 13.5. The Morgan fingerprint density at radius 3 is 2.62 bits per heavy atom. The summed E-state index contributed by atoms with van der Waals surface area (Å²) in [5.74, 6) is -0.157. The summed E-state index contributed by atoms with van der Waals surface area (Å²) in [5.41, 5.74) is 0.690. The minimum atomic E-state index is -0.867. The van der Waals surface area contributed by atoms with E-state index >= 15 is 0 Å². The zero-order valence-corrected chi connectivity index (χ0v) is 13.2. The molecular weight excluding hydrogens is 268 g/mol. The lowest BCUT2D eigenvalue weighted by molar-refractivity contribution is -0.152. The molecule has 0 radical (unpaired) electrons. The molecule has 0 heterocycles. The number of hydrogen-bond donors (Lipinski definition) is 1. The Kier molecular flexibility index (Phi) is 7.83. The topological polar surface area (TPSA) is 55.8 Å². The molecule has 2 unspecified atom stereocenters. The third kappa shape index (κ3) is 5.38. The van der Waals surface area contributed by atoms with Gasteiger partial charge in [0.1, 0.15) is 5.75 Å². The Morgan fingerprint density at radius 2 is 2.00 bits per heavy atom. The van der Waals surface area contributed by atoms with E-state index in [9.17, 15) is 9.90 Å². The number of hydrogen-bond acceptors (Lipinski definition) is 4. The number of carbonyl (C=O) groups is 1. The average molecular weight is 294 g/mol. The smallest absolute Gasteiger partial charge is 0.311 e. The minimum absolute atomic E-state index is 0.325. The molecule has 4 nitrogen and oxygen atoms in total. The Balaban J connectivity index is 2.86. The minimum Gasteiger partial charge on any atom is -0.494 e. The quantitative estimate of drug-likeness (QED) is 0.708. The van der Waals surface area contributed by atoms with Gasteiger partial charge in [-0.2, -0.15) is 0 Å². The molecule has 0 fully saturated rings. The maximum Gasteiger partial charge on any atom is 0.311 e. The van der Waals surface area contributed by atoms with Gasteiger partial charge in [0.2, 0.25) is 0 Å². The van der Waals surface area contributed by atoms with Gasteiger partial charge in [-0.15, -0.1) is 0 Å². The van der Waals surface area contributed by atoms with Gasteiger partial charge in [-0.3, -0.25) is 4.79 Å². The van der Waals surface area contributed by atoms with Gasteiger partial charge in [-0.05, 0) is 37.5 Å². The fourth-order valence-electron chi connectivity index (χ4n) is 2.21. The van der Waals surface area contributed by atoms with E-state index in [1.807, 2.05) is 32.0 Å². The van der Waals surface area contributed by atoms with E-state index in [-0.39, 0.29) is 5.97 Å². The number of ether oxygens (including phenoxy) is 2. The predicted molar refractivity (Wildman–Crippen MR) is 82.2 cm³/mol. The number of carbonyl (C=O) groups excluding carboxylic acids is 1. The van der Waals surface area contributed by atoms with Crippen LogP contribution in [0.4, 0.5) is 0 Å². The molecule has 0 aliphatic rings. The molecule has 1 rings (SSSR count). The molecule has 0 bridgehead atoms. The second-order valence-electron chi connectivity index (χ2n) is 5.01. The summed E-state index contributed by atoms with van der Waals surface area (Å²) in [6, 6.07) is 7.29. The van der Waals surface area contributed by atoms with E-state index in [1.165, 1.54) is 0 Å². The highest BCUT2D eigenvalue weighted by Gasteiger charge is 2.28. The van der Waals surface area contributed by atoms with Gasteiger partial charge < -0.3 is 14.6 Å². The van der Waals surface area contributed by atoms with Crippen molar-refractivity contribution in [3.63, 3.8) is 0 Å². The van der Waals surface area contributed by atoms with Crippen LogP contribution in [-0.4, -0.2) is 24.3 Å². The molecule has 1 aromatic rings. The fraction of sp³-hybridized carbons (Fsp3) is 0.588. The first-order chi connectivity index (χ1) is 10.1. The molecule has 21 heavy (non-hydrogen) atoms. The third-order valence-electron chi connectivity index (χ3n) is 3.24. The fourth-order valence-corrected chi connectivity index (χ4v) is 2.21. The van der Waals surface area contributed by atoms with Crippen LogP contribution in [0.25, 0.3) is 0 Å². The Bertz CT molecular complexity index is 431. The first-order valence-corrected chi connectivity index (χ1v) is 7.71. The van der Waals surface area contributed by atoms with Gasteiger partial charge in [0.25, 0.3) is 0 Å². The van der Waals surface area contributed by atoms with Crippen LogP contribution in [0.15, 0.2) is 24.3 Å². The van der Waals surface area contributed by atoms with Crippen molar-refractivity contribution in [1.29, 1.82) is 0 Å². The molecular formula is C17H26O4. The van der Waals surface area contributed by atoms with Crippen molar-refractivity contribution >= 4 is 5.97 Å². The SMILES string of the molecule is CCCOc1cccc(C(O)C(CCC)C(=O)OCC)c1. The number of rotatable bonds is 9. The largest absolute Gasteiger partial charge is 0.494 e. The number of aliphatic hydroxyl groups excluding tert-OH is 1. The second-order valence-corrected chi connectivity index (χ2v) is 5.01. The maximum atomic E-state index is 12.0. The van der Waals surface area contributed by atoms with Crippen molar-refractivity contribution in [2.24, 2.45) is 5.92 Å². The Morgan fingerprint density at radius 1 is 1.24 bits per heavy atom. The third-order valence-corrected chi connectivity index (χ3v) is 3.24. The molecule has 0 aliphatic heterocycles. The van der Waals surface area contributed by atoms with Crippen LogP contribution in [0.1, 0.15) is 51.7 Å². The Labute approximate surface area is 127 Å². The van der Waals surface area contributed by atoms with Gasteiger partial charge in [0.05, 0.1) is 25.2 Å². The van der Waals surface area contributed by atoms with Crippen molar-refractivity contribution < 1.29 is 19.4 Å². The van der Waals surface area contributed by atoms with E-state index in [4.69, 9.17) is 9.47 Å². The molecule has 2 atom stereocenters. The Hall–Kier alpha value is -1.55. The monoisotopic (exact) mass is 294 g/mol. The first-order valence-electron chi connectivity index (χ1n) is 7.71.